The van der Waals surface area contributed by atoms with Crippen LogP contribution in [0.5, 0.6) is 11.5 Å². The van der Waals surface area contributed by atoms with Crippen LogP contribution in [0.2, 0.25) is 0 Å². The molecule has 24 heavy (non-hydrogen) atoms. The number of rotatable bonds is 15. The van der Waals surface area contributed by atoms with E-state index < -0.39 is 0 Å². The van der Waals surface area contributed by atoms with Gasteiger partial charge in [-0.2, -0.15) is 4.89 Å². The molecule has 0 atom stereocenters. The van der Waals surface area contributed by atoms with Crippen molar-refractivity contribution in [3.63, 3.8) is 0 Å². The first-order valence-corrected chi connectivity index (χ1v) is 8.32. The van der Waals surface area contributed by atoms with Gasteiger partial charge in [0.15, 0.2) is 6.26 Å². The minimum absolute atomic E-state index is 0.414. The van der Waals surface area contributed by atoms with Crippen molar-refractivity contribution in [3.05, 3.63) is 42.8 Å². The van der Waals surface area contributed by atoms with Crippen LogP contribution in [-0.2, 0) is 14.6 Å². The van der Waals surface area contributed by atoms with Crippen molar-refractivity contribution in [2.75, 3.05) is 13.2 Å². The highest BCUT2D eigenvalue weighted by atomic mass is 17.2. The van der Waals surface area contributed by atoms with Crippen LogP contribution in [0.3, 0.4) is 0 Å². The monoisotopic (exact) mass is 334 g/mol. The molecule has 0 N–H and O–H groups in total. The van der Waals surface area contributed by atoms with Gasteiger partial charge in [-0.05, 0) is 37.1 Å². The first-order valence-electron chi connectivity index (χ1n) is 8.32. The second-order valence-corrected chi connectivity index (χ2v) is 5.25. The third-order valence-electron chi connectivity index (χ3n) is 3.35. The highest BCUT2D eigenvalue weighted by Gasteiger charge is 1.97. The van der Waals surface area contributed by atoms with Gasteiger partial charge in [-0.25, -0.2) is 0 Å². The molecule has 0 aliphatic rings. The maximum atomic E-state index is 10.2. The Balaban J connectivity index is 1.88. The van der Waals surface area contributed by atoms with Gasteiger partial charge in [-0.1, -0.05) is 44.4 Å². The van der Waals surface area contributed by atoms with E-state index in [1.54, 1.807) is 24.3 Å². The predicted octanol–water partition coefficient (Wildman–Crippen LogP) is 4.58. The third-order valence-corrected chi connectivity index (χ3v) is 3.35. The summed E-state index contributed by atoms with van der Waals surface area (Å²) in [5, 5.41) is 0. The lowest BCUT2D eigenvalue weighted by Crippen LogP contribution is -1.97. The van der Waals surface area contributed by atoms with Crippen LogP contribution in [-0.4, -0.2) is 19.7 Å². The smallest absolute Gasteiger partial charge is 0.298 e. The molecule has 0 saturated carbocycles. The van der Waals surface area contributed by atoms with E-state index in [9.17, 15) is 4.79 Å². The number of carbonyl (C=O) groups is 1. The van der Waals surface area contributed by atoms with E-state index in [1.165, 1.54) is 25.5 Å². The van der Waals surface area contributed by atoms with Crippen molar-refractivity contribution in [2.24, 2.45) is 0 Å². The minimum Gasteiger partial charge on any atom is -0.494 e. The lowest BCUT2D eigenvalue weighted by atomic mass is 10.1. The van der Waals surface area contributed by atoms with Gasteiger partial charge in [0.2, 0.25) is 0 Å². The molecule has 0 heterocycles. The molecule has 0 aromatic heterocycles. The number of carbonyl (C=O) groups excluding carboxylic acids is 1. The Hall–Kier alpha value is -2.23. The molecule has 5 heteroatoms. The highest BCUT2D eigenvalue weighted by Crippen LogP contribution is 2.17. The van der Waals surface area contributed by atoms with Crippen molar-refractivity contribution in [2.45, 2.75) is 44.9 Å². The standard InChI is InChI=1S/C19H26O5/c1-2-14-23-24-16-9-7-5-3-4-6-8-15-21-18-10-12-19(13-11-18)22-17-20/h10-14,17H,1,3-9,15-16H2. The van der Waals surface area contributed by atoms with E-state index in [-0.39, 0.29) is 0 Å². The van der Waals surface area contributed by atoms with E-state index in [2.05, 4.69) is 17.2 Å². The Kier molecular flexibility index (Phi) is 11.9. The van der Waals surface area contributed by atoms with Gasteiger partial charge in [-0.3, -0.25) is 4.79 Å². The molecule has 0 bridgehead atoms. The van der Waals surface area contributed by atoms with Gasteiger partial charge >= 0.3 is 0 Å². The van der Waals surface area contributed by atoms with Crippen molar-refractivity contribution >= 4 is 6.47 Å². The quantitative estimate of drug-likeness (QED) is 0.117. The van der Waals surface area contributed by atoms with Gasteiger partial charge in [0, 0.05) is 0 Å². The molecule has 132 valence electrons. The lowest BCUT2D eigenvalue weighted by Gasteiger charge is -2.06. The predicted molar refractivity (Wildman–Crippen MR) is 91.7 cm³/mol. The van der Waals surface area contributed by atoms with Crippen LogP contribution in [0.1, 0.15) is 44.9 Å². The molecule has 1 aromatic rings. The summed E-state index contributed by atoms with van der Waals surface area (Å²) in [5.41, 5.74) is 2.47. The normalized spacial score (nSPS) is 9.83. The first-order chi connectivity index (χ1) is 11.9. The summed E-state index contributed by atoms with van der Waals surface area (Å²) >= 11 is 0. The van der Waals surface area contributed by atoms with Crippen molar-refractivity contribution in [1.29, 1.82) is 0 Å². The SMILES string of the molecule is C=C=COOCCCCCCCCCOc1ccc(OC=O)cc1. The van der Waals surface area contributed by atoms with E-state index in [1.807, 2.05) is 0 Å². The molecule has 0 spiro atoms. The Bertz CT molecular complexity index is 477. The Morgan fingerprint density at radius 3 is 2.08 bits per heavy atom. The second-order valence-electron chi connectivity index (χ2n) is 5.25. The summed E-state index contributed by atoms with van der Waals surface area (Å²) in [7, 11) is 0. The fraction of sp³-hybridized carbons (Fsp3) is 0.474. The zero-order valence-electron chi connectivity index (χ0n) is 14.1. The lowest BCUT2D eigenvalue weighted by molar-refractivity contribution is -0.248. The molecule has 0 radical (unpaired) electrons. The average Bonchev–Trinajstić information content (AvgIpc) is 2.60. The van der Waals surface area contributed by atoms with Crippen molar-refractivity contribution in [3.8, 4) is 11.5 Å². The van der Waals surface area contributed by atoms with Crippen LogP contribution in [0, 0.1) is 0 Å². The Labute approximate surface area is 143 Å². The highest BCUT2D eigenvalue weighted by molar-refractivity contribution is 5.45. The summed E-state index contributed by atoms with van der Waals surface area (Å²) in [6.45, 7) is 5.08. The molecular weight excluding hydrogens is 308 g/mol. The maximum absolute atomic E-state index is 10.2. The number of hydrogen-bond donors (Lipinski definition) is 0. The van der Waals surface area contributed by atoms with Crippen LogP contribution in [0.4, 0.5) is 0 Å². The zero-order chi connectivity index (χ0) is 17.3. The molecule has 0 amide bonds. The van der Waals surface area contributed by atoms with Crippen LogP contribution >= 0.6 is 0 Å². The largest absolute Gasteiger partial charge is 0.494 e. The van der Waals surface area contributed by atoms with Crippen LogP contribution in [0.15, 0.2) is 42.8 Å². The molecule has 1 aromatic carbocycles. The van der Waals surface area contributed by atoms with E-state index in [0.29, 0.717) is 25.4 Å². The molecule has 1 rings (SSSR count). The zero-order valence-corrected chi connectivity index (χ0v) is 14.1. The van der Waals surface area contributed by atoms with Gasteiger partial charge in [-0.15, -0.1) is 0 Å². The van der Waals surface area contributed by atoms with Crippen molar-refractivity contribution in [1.82, 2.24) is 0 Å². The van der Waals surface area contributed by atoms with Gasteiger partial charge in [0.05, 0.1) is 13.2 Å². The minimum atomic E-state index is 0.414. The summed E-state index contributed by atoms with van der Waals surface area (Å²) in [5.74, 6) is 1.31. The molecule has 0 fully saturated rings. The number of unbranched alkanes of at least 4 members (excludes halogenated alkanes) is 6. The summed E-state index contributed by atoms with van der Waals surface area (Å²) in [4.78, 5) is 19.8. The molecule has 0 unspecified atom stereocenters. The van der Waals surface area contributed by atoms with Crippen LogP contribution in [0.25, 0.3) is 0 Å². The van der Waals surface area contributed by atoms with Gasteiger partial charge in [0.25, 0.3) is 6.47 Å². The summed E-state index contributed by atoms with van der Waals surface area (Å²) < 4.78 is 10.4. The topological polar surface area (TPSA) is 54.0 Å². The van der Waals surface area contributed by atoms with E-state index in [4.69, 9.17) is 14.4 Å². The van der Waals surface area contributed by atoms with Gasteiger partial charge < -0.3 is 14.4 Å². The first kappa shape index (κ1) is 19.8. The average molecular weight is 334 g/mol. The molecule has 0 aliphatic heterocycles. The fourth-order valence-corrected chi connectivity index (χ4v) is 2.12. The maximum Gasteiger partial charge on any atom is 0.298 e. The molecular formula is C19H26O5. The number of ether oxygens (including phenoxy) is 2. The Morgan fingerprint density at radius 1 is 0.875 bits per heavy atom. The van der Waals surface area contributed by atoms with E-state index in [0.717, 1.165) is 31.4 Å². The van der Waals surface area contributed by atoms with Gasteiger partial charge in [0.1, 0.15) is 11.5 Å². The summed E-state index contributed by atoms with van der Waals surface area (Å²) in [6, 6.07) is 7.03. The van der Waals surface area contributed by atoms with E-state index >= 15 is 0 Å². The van der Waals surface area contributed by atoms with Crippen molar-refractivity contribution < 1.29 is 24.0 Å². The molecule has 0 aliphatic carbocycles. The second kappa shape index (κ2) is 14.4. The number of benzene rings is 1. The molecule has 0 saturated heterocycles. The van der Waals surface area contributed by atoms with Crippen LogP contribution < -0.4 is 9.47 Å². The third kappa shape index (κ3) is 10.5. The Morgan fingerprint density at radius 2 is 1.46 bits per heavy atom. The number of hydrogen-bond acceptors (Lipinski definition) is 5. The fourth-order valence-electron chi connectivity index (χ4n) is 2.12. The summed E-state index contributed by atoms with van der Waals surface area (Å²) in [6.07, 6.45) is 9.30. The molecule has 5 nitrogen and oxygen atoms in total.